The Morgan fingerprint density at radius 2 is 0.743 bits per heavy atom. The number of ether oxygens (including phenoxy) is 3. The van der Waals surface area contributed by atoms with Crippen molar-refractivity contribution in [1.82, 2.24) is 0 Å². The first-order valence-electron chi connectivity index (χ1n) is 28.5. The standard InChI is InChI=1S/C58H105O11P/c1-4-7-10-13-16-19-21-23-25-26-27-28-30-32-34-37-40-43-46-49-58(62)69-55(51-65-56(60)47-44-41-38-35-18-15-12-9-6-3)53-67-70(63,64)66-52-54(50-59)68-57(61)48-45-42-39-36-33-31-29-24-22-20-17-14-11-8-5-2/h7,10,16,19,23,25,27-28,54-55,59H,4-6,8-9,11-15,17-18,20-22,24,26,29-53H2,1-3H3,(H,63,64)/b10-7-,19-16-,25-23-,28-27-. The van der Waals surface area contributed by atoms with Crippen LogP contribution in [0.4, 0.5) is 0 Å². The molecule has 0 radical (unpaired) electrons. The van der Waals surface area contributed by atoms with Gasteiger partial charge in [0.2, 0.25) is 0 Å². The van der Waals surface area contributed by atoms with Gasteiger partial charge in [0.05, 0.1) is 19.8 Å². The van der Waals surface area contributed by atoms with E-state index in [0.717, 1.165) is 103 Å². The quantitative estimate of drug-likeness (QED) is 0.0197. The van der Waals surface area contributed by atoms with Gasteiger partial charge >= 0.3 is 25.7 Å². The number of aliphatic hydroxyl groups excluding tert-OH is 1. The average molecular weight is 1010 g/mol. The van der Waals surface area contributed by atoms with E-state index in [1.54, 1.807) is 0 Å². The molecule has 70 heavy (non-hydrogen) atoms. The Morgan fingerprint density at radius 3 is 1.14 bits per heavy atom. The third-order valence-corrected chi connectivity index (χ3v) is 13.2. The summed E-state index contributed by atoms with van der Waals surface area (Å²) < 4.78 is 39.4. The van der Waals surface area contributed by atoms with Gasteiger partial charge in [0.15, 0.2) is 6.10 Å². The van der Waals surface area contributed by atoms with Gasteiger partial charge in [-0.2, -0.15) is 0 Å². The highest BCUT2D eigenvalue weighted by Gasteiger charge is 2.28. The topological polar surface area (TPSA) is 155 Å². The Labute approximate surface area is 428 Å². The molecule has 2 N–H and O–H groups in total. The summed E-state index contributed by atoms with van der Waals surface area (Å²) in [7, 11) is -4.74. The Balaban J connectivity index is 4.64. The molecule has 0 saturated heterocycles. The molecule has 11 nitrogen and oxygen atoms in total. The van der Waals surface area contributed by atoms with Crippen molar-refractivity contribution in [3.8, 4) is 0 Å². The summed E-state index contributed by atoms with van der Waals surface area (Å²) in [5.41, 5.74) is 0. The monoisotopic (exact) mass is 1010 g/mol. The van der Waals surface area contributed by atoms with E-state index in [2.05, 4.69) is 69.4 Å². The number of hydrogen-bond donors (Lipinski definition) is 2. The molecular weight excluding hydrogens is 904 g/mol. The summed E-state index contributed by atoms with van der Waals surface area (Å²) in [6.45, 7) is 4.52. The molecule has 3 unspecified atom stereocenters. The van der Waals surface area contributed by atoms with E-state index in [-0.39, 0.29) is 25.9 Å². The number of aliphatic hydroxyl groups is 1. The average Bonchev–Trinajstić information content (AvgIpc) is 3.35. The first-order chi connectivity index (χ1) is 34.2. The Kier molecular flexibility index (Phi) is 50.8. The maximum absolute atomic E-state index is 12.9. The van der Waals surface area contributed by atoms with Crippen molar-refractivity contribution in [3.05, 3.63) is 48.6 Å². The molecule has 3 atom stereocenters. The van der Waals surface area contributed by atoms with Gasteiger partial charge in [-0.1, -0.05) is 236 Å². The molecule has 0 aromatic carbocycles. The summed E-state index contributed by atoms with van der Waals surface area (Å²) >= 11 is 0. The number of esters is 3. The maximum atomic E-state index is 12.9. The van der Waals surface area contributed by atoms with Crippen LogP contribution in [0.5, 0.6) is 0 Å². The molecule has 0 heterocycles. The summed E-state index contributed by atoms with van der Waals surface area (Å²) in [5.74, 6) is -1.47. The second kappa shape index (κ2) is 52.8. The number of carbonyl (C=O) groups excluding carboxylic acids is 3. The lowest BCUT2D eigenvalue weighted by molar-refractivity contribution is -0.161. The zero-order valence-electron chi connectivity index (χ0n) is 45.0. The van der Waals surface area contributed by atoms with Crippen molar-refractivity contribution in [1.29, 1.82) is 0 Å². The summed E-state index contributed by atoms with van der Waals surface area (Å²) in [4.78, 5) is 48.4. The van der Waals surface area contributed by atoms with Gasteiger partial charge in [0, 0.05) is 19.3 Å². The summed E-state index contributed by atoms with van der Waals surface area (Å²) in [6.07, 6.45) is 55.0. The van der Waals surface area contributed by atoms with Crippen molar-refractivity contribution < 1.29 is 52.2 Å². The normalized spacial score (nSPS) is 13.7. The number of allylic oxidation sites excluding steroid dienone is 8. The maximum Gasteiger partial charge on any atom is 0.472 e. The van der Waals surface area contributed by atoms with Gasteiger partial charge in [-0.05, 0) is 57.8 Å². The van der Waals surface area contributed by atoms with Crippen LogP contribution in [0.1, 0.15) is 265 Å². The fraction of sp³-hybridized carbons (Fsp3) is 0.810. The van der Waals surface area contributed by atoms with Crippen molar-refractivity contribution in [2.45, 2.75) is 277 Å². The zero-order chi connectivity index (χ0) is 51.3. The van der Waals surface area contributed by atoms with Crippen LogP contribution in [0.15, 0.2) is 48.6 Å². The van der Waals surface area contributed by atoms with Crippen LogP contribution in [-0.4, -0.2) is 66.5 Å². The SMILES string of the molecule is CC/C=C\C/C=C\C/C=C\C/C=C\CCCCCCCCC(=O)OC(COC(=O)CCCCCCCCCCC)COP(=O)(O)OCC(CO)OC(=O)CCCCCCCCCCCCCCCCC. The highest BCUT2D eigenvalue weighted by atomic mass is 31.2. The van der Waals surface area contributed by atoms with Gasteiger partial charge in [-0.25, -0.2) is 4.57 Å². The summed E-state index contributed by atoms with van der Waals surface area (Å²) in [6, 6.07) is 0. The first kappa shape index (κ1) is 67.4. The van der Waals surface area contributed by atoms with Crippen LogP contribution in [0, 0.1) is 0 Å². The highest BCUT2D eigenvalue weighted by Crippen LogP contribution is 2.43. The smallest absolute Gasteiger partial charge is 0.462 e. The lowest BCUT2D eigenvalue weighted by Gasteiger charge is -2.21. The van der Waals surface area contributed by atoms with E-state index in [9.17, 15) is 28.9 Å². The molecule has 0 aliphatic rings. The van der Waals surface area contributed by atoms with Crippen LogP contribution >= 0.6 is 7.82 Å². The van der Waals surface area contributed by atoms with Crippen LogP contribution in [0.3, 0.4) is 0 Å². The van der Waals surface area contributed by atoms with Gasteiger partial charge in [0.25, 0.3) is 0 Å². The van der Waals surface area contributed by atoms with Gasteiger partial charge < -0.3 is 24.2 Å². The van der Waals surface area contributed by atoms with Crippen molar-refractivity contribution in [2.75, 3.05) is 26.4 Å². The minimum absolute atomic E-state index is 0.154. The molecule has 12 heteroatoms. The van der Waals surface area contributed by atoms with Crippen LogP contribution in [0.2, 0.25) is 0 Å². The third-order valence-electron chi connectivity index (χ3n) is 12.3. The van der Waals surface area contributed by atoms with Gasteiger partial charge in [-0.3, -0.25) is 23.4 Å². The fourth-order valence-corrected chi connectivity index (χ4v) is 8.72. The highest BCUT2D eigenvalue weighted by molar-refractivity contribution is 7.47. The van der Waals surface area contributed by atoms with E-state index >= 15 is 0 Å². The van der Waals surface area contributed by atoms with Crippen LogP contribution in [0.25, 0.3) is 0 Å². The largest absolute Gasteiger partial charge is 0.472 e. The predicted octanol–water partition coefficient (Wildman–Crippen LogP) is 16.6. The van der Waals surface area contributed by atoms with E-state index in [1.807, 2.05) is 0 Å². The molecule has 0 aliphatic carbocycles. The first-order valence-corrected chi connectivity index (χ1v) is 30.0. The summed E-state index contributed by atoms with van der Waals surface area (Å²) in [5, 5.41) is 9.80. The van der Waals surface area contributed by atoms with Crippen LogP contribution < -0.4 is 0 Å². The third kappa shape index (κ3) is 50.4. The molecule has 0 bridgehead atoms. The fourth-order valence-electron chi connectivity index (χ4n) is 7.94. The lowest BCUT2D eigenvalue weighted by atomic mass is 10.0. The van der Waals surface area contributed by atoms with Crippen molar-refractivity contribution in [3.63, 3.8) is 0 Å². The predicted molar refractivity (Wildman–Crippen MR) is 289 cm³/mol. The van der Waals surface area contributed by atoms with E-state index in [1.165, 1.54) is 103 Å². The Morgan fingerprint density at radius 1 is 0.414 bits per heavy atom. The molecule has 0 amide bonds. The molecule has 0 spiro atoms. The second-order valence-corrected chi connectivity index (χ2v) is 20.5. The van der Waals surface area contributed by atoms with Crippen LogP contribution in [-0.2, 0) is 42.2 Å². The van der Waals surface area contributed by atoms with E-state index in [0.29, 0.717) is 19.3 Å². The lowest BCUT2D eigenvalue weighted by Crippen LogP contribution is -2.30. The molecule has 0 fully saturated rings. The van der Waals surface area contributed by atoms with E-state index < -0.39 is 57.8 Å². The molecule has 0 aliphatic heterocycles. The van der Waals surface area contributed by atoms with Crippen molar-refractivity contribution >= 4 is 25.7 Å². The van der Waals surface area contributed by atoms with Gasteiger partial charge in [0.1, 0.15) is 12.7 Å². The molecular formula is C58H105O11P. The molecule has 0 saturated carbocycles. The number of hydrogen-bond acceptors (Lipinski definition) is 10. The zero-order valence-corrected chi connectivity index (χ0v) is 45.9. The Hall–Kier alpha value is -2.56. The number of carbonyl (C=O) groups is 3. The number of unbranched alkanes of at least 4 members (excludes halogenated alkanes) is 28. The number of phosphoric acid groups is 1. The second-order valence-electron chi connectivity index (χ2n) is 19.1. The minimum Gasteiger partial charge on any atom is -0.462 e. The molecule has 0 aromatic heterocycles. The number of rotatable bonds is 53. The molecule has 0 rings (SSSR count). The number of phosphoric ester groups is 1. The van der Waals surface area contributed by atoms with Gasteiger partial charge in [-0.15, -0.1) is 0 Å². The molecule has 0 aromatic rings. The van der Waals surface area contributed by atoms with E-state index in [4.69, 9.17) is 23.3 Å². The van der Waals surface area contributed by atoms with Crippen molar-refractivity contribution in [2.24, 2.45) is 0 Å². The Bertz CT molecular complexity index is 1360. The minimum atomic E-state index is -4.74. The molecule has 408 valence electrons.